The predicted molar refractivity (Wildman–Crippen MR) is 70.1 cm³/mol. The molecule has 0 saturated carbocycles. The maximum Gasteiger partial charge on any atom is 0.322 e. The Hall–Kier alpha value is -0.960. The molecule has 19 heavy (non-hydrogen) atoms. The van der Waals surface area contributed by atoms with E-state index in [0.717, 1.165) is 4.31 Å². The minimum absolute atomic E-state index is 0.00431. The molecule has 2 N–H and O–H groups in total. The third-order valence-electron chi connectivity index (χ3n) is 2.94. The van der Waals surface area contributed by atoms with E-state index < -0.39 is 28.1 Å². The Bertz CT molecular complexity index is 603. The van der Waals surface area contributed by atoms with Crippen molar-refractivity contribution in [2.45, 2.75) is 23.5 Å². The normalized spacial score (nSPS) is 24.5. The fraction of sp³-hybridized carbons (Fsp3) is 0.364. The Kier molecular flexibility index (Phi) is 3.95. The highest BCUT2D eigenvalue weighted by molar-refractivity contribution is 9.10. The Balaban J connectivity index is 2.45. The molecule has 2 rings (SSSR count). The molecule has 1 aliphatic heterocycles. The highest BCUT2D eigenvalue weighted by atomic mass is 79.9. The summed E-state index contributed by atoms with van der Waals surface area (Å²) in [6.45, 7) is -0.208. The number of benzene rings is 1. The van der Waals surface area contributed by atoms with Gasteiger partial charge in [-0.15, -0.1) is 0 Å². The van der Waals surface area contributed by atoms with E-state index in [1.54, 1.807) is 18.2 Å². The van der Waals surface area contributed by atoms with Gasteiger partial charge in [-0.1, -0.05) is 12.1 Å². The summed E-state index contributed by atoms with van der Waals surface area (Å²) in [4.78, 5) is 11.1. The summed E-state index contributed by atoms with van der Waals surface area (Å²) in [6.07, 6.45) is -1.06. The largest absolute Gasteiger partial charge is 0.480 e. The van der Waals surface area contributed by atoms with Crippen LogP contribution in [0.2, 0.25) is 0 Å². The van der Waals surface area contributed by atoms with Crippen molar-refractivity contribution >= 4 is 31.9 Å². The second kappa shape index (κ2) is 5.20. The van der Waals surface area contributed by atoms with Crippen molar-refractivity contribution < 1.29 is 23.4 Å². The minimum Gasteiger partial charge on any atom is -0.480 e. The summed E-state index contributed by atoms with van der Waals surface area (Å²) in [6, 6.07) is 4.95. The molecule has 1 aromatic rings. The molecule has 1 saturated heterocycles. The van der Waals surface area contributed by atoms with Crippen molar-refractivity contribution in [1.82, 2.24) is 4.31 Å². The lowest BCUT2D eigenvalue weighted by Gasteiger charge is -2.21. The van der Waals surface area contributed by atoms with E-state index in [0.29, 0.717) is 4.47 Å². The van der Waals surface area contributed by atoms with Gasteiger partial charge < -0.3 is 10.2 Å². The Labute approximate surface area is 118 Å². The smallest absolute Gasteiger partial charge is 0.322 e. The van der Waals surface area contributed by atoms with Gasteiger partial charge in [0.15, 0.2) is 0 Å². The first kappa shape index (κ1) is 14.4. The van der Waals surface area contributed by atoms with E-state index in [1.807, 2.05) is 0 Å². The number of hydrogen-bond donors (Lipinski definition) is 2. The molecular weight excluding hydrogens is 338 g/mol. The topological polar surface area (TPSA) is 94.9 Å². The third kappa shape index (κ3) is 2.66. The van der Waals surface area contributed by atoms with Crippen LogP contribution in [0.3, 0.4) is 0 Å². The second-order valence-electron chi connectivity index (χ2n) is 4.25. The van der Waals surface area contributed by atoms with Crippen LogP contribution in [0.15, 0.2) is 33.6 Å². The monoisotopic (exact) mass is 349 g/mol. The molecule has 1 aromatic carbocycles. The van der Waals surface area contributed by atoms with Gasteiger partial charge in [0.25, 0.3) is 0 Å². The number of aliphatic hydroxyl groups is 1. The zero-order chi connectivity index (χ0) is 14.2. The lowest BCUT2D eigenvalue weighted by molar-refractivity contribution is -0.140. The van der Waals surface area contributed by atoms with Crippen LogP contribution in [-0.2, 0) is 14.8 Å². The lowest BCUT2D eigenvalue weighted by atomic mass is 10.2. The van der Waals surface area contributed by atoms with Crippen LogP contribution in [0.5, 0.6) is 0 Å². The first-order valence-electron chi connectivity index (χ1n) is 5.51. The summed E-state index contributed by atoms with van der Waals surface area (Å²) < 4.78 is 26.1. The zero-order valence-electron chi connectivity index (χ0n) is 9.73. The minimum atomic E-state index is -3.95. The summed E-state index contributed by atoms with van der Waals surface area (Å²) in [5.74, 6) is -1.26. The van der Waals surface area contributed by atoms with E-state index in [4.69, 9.17) is 5.11 Å². The zero-order valence-corrected chi connectivity index (χ0v) is 12.1. The van der Waals surface area contributed by atoms with Crippen molar-refractivity contribution in [1.29, 1.82) is 0 Å². The molecular formula is C11H12BrNO5S. The van der Waals surface area contributed by atoms with Crippen molar-refractivity contribution in [3.63, 3.8) is 0 Å². The van der Waals surface area contributed by atoms with Crippen LogP contribution in [-0.4, -0.2) is 47.6 Å². The number of nitrogens with zero attached hydrogens (tertiary/aromatic N) is 1. The highest BCUT2D eigenvalue weighted by Gasteiger charge is 2.43. The number of aliphatic carboxylic acids is 1. The van der Waals surface area contributed by atoms with E-state index in [-0.39, 0.29) is 17.9 Å². The molecule has 0 bridgehead atoms. The molecule has 1 unspecified atom stereocenters. The SMILES string of the molecule is O=C(O)[C@@H]1CC(O)CN1S(=O)(=O)c1ccccc1Br. The number of carboxylic acids is 1. The number of sulfonamides is 1. The number of aliphatic hydroxyl groups excluding tert-OH is 1. The highest BCUT2D eigenvalue weighted by Crippen LogP contribution is 2.30. The Morgan fingerprint density at radius 3 is 2.58 bits per heavy atom. The average Bonchev–Trinajstić information content (AvgIpc) is 2.72. The first-order valence-corrected chi connectivity index (χ1v) is 7.74. The molecule has 0 aromatic heterocycles. The van der Waals surface area contributed by atoms with Crippen molar-refractivity contribution in [3.05, 3.63) is 28.7 Å². The third-order valence-corrected chi connectivity index (χ3v) is 5.83. The summed E-state index contributed by atoms with van der Waals surface area (Å²) in [5, 5.41) is 18.6. The van der Waals surface area contributed by atoms with Crippen LogP contribution >= 0.6 is 15.9 Å². The summed E-state index contributed by atoms with van der Waals surface area (Å²) in [5.41, 5.74) is 0. The molecule has 1 heterocycles. The quantitative estimate of drug-likeness (QED) is 0.835. The number of halogens is 1. The molecule has 104 valence electrons. The molecule has 0 aliphatic carbocycles. The fourth-order valence-electron chi connectivity index (χ4n) is 2.05. The molecule has 8 heteroatoms. The molecule has 1 aliphatic rings. The fourth-order valence-corrected chi connectivity index (χ4v) is 4.65. The van der Waals surface area contributed by atoms with E-state index >= 15 is 0 Å². The van der Waals surface area contributed by atoms with Gasteiger partial charge in [0, 0.05) is 17.4 Å². The van der Waals surface area contributed by atoms with E-state index in [1.165, 1.54) is 6.07 Å². The molecule has 0 spiro atoms. The van der Waals surface area contributed by atoms with Crippen molar-refractivity contribution in [3.8, 4) is 0 Å². The first-order chi connectivity index (χ1) is 8.84. The van der Waals surface area contributed by atoms with Crippen LogP contribution in [0.1, 0.15) is 6.42 Å². The standard InChI is InChI=1S/C11H12BrNO5S/c12-8-3-1-2-4-10(8)19(17,18)13-6-7(14)5-9(13)11(15)16/h1-4,7,9,14H,5-6H2,(H,15,16)/t7?,9-/m0/s1. The number of carboxylic acid groups (broad SMARTS) is 1. The van der Waals surface area contributed by atoms with Gasteiger partial charge >= 0.3 is 5.97 Å². The van der Waals surface area contributed by atoms with Crippen molar-refractivity contribution in [2.24, 2.45) is 0 Å². The Morgan fingerprint density at radius 2 is 2.00 bits per heavy atom. The van der Waals surface area contributed by atoms with Crippen LogP contribution in [0.4, 0.5) is 0 Å². The maximum absolute atomic E-state index is 12.4. The summed E-state index contributed by atoms with van der Waals surface area (Å²) >= 11 is 3.14. The second-order valence-corrected chi connectivity index (χ2v) is 6.96. The van der Waals surface area contributed by atoms with Gasteiger partial charge in [-0.3, -0.25) is 4.79 Å². The molecule has 6 nitrogen and oxygen atoms in total. The number of carbonyl (C=O) groups is 1. The molecule has 2 atom stereocenters. The van der Waals surface area contributed by atoms with Gasteiger partial charge in [-0.2, -0.15) is 4.31 Å². The lowest BCUT2D eigenvalue weighted by Crippen LogP contribution is -2.40. The van der Waals surface area contributed by atoms with Gasteiger partial charge in [-0.25, -0.2) is 8.42 Å². The Morgan fingerprint density at radius 1 is 1.37 bits per heavy atom. The summed E-state index contributed by atoms with van der Waals surface area (Å²) in [7, 11) is -3.95. The van der Waals surface area contributed by atoms with Crippen LogP contribution in [0.25, 0.3) is 0 Å². The average molecular weight is 350 g/mol. The number of rotatable bonds is 3. The number of β-amino-alcohol motifs (C(OH)–C–C–N with tert-alkyl or cyclic N) is 1. The van der Waals surface area contributed by atoms with E-state index in [9.17, 15) is 18.3 Å². The van der Waals surface area contributed by atoms with Gasteiger partial charge in [0.05, 0.1) is 11.0 Å². The molecule has 1 fully saturated rings. The van der Waals surface area contributed by atoms with Gasteiger partial charge in [-0.05, 0) is 28.1 Å². The van der Waals surface area contributed by atoms with Gasteiger partial charge in [0.1, 0.15) is 6.04 Å². The predicted octanol–water partition coefficient (Wildman–Crippen LogP) is 0.658. The van der Waals surface area contributed by atoms with Gasteiger partial charge in [0.2, 0.25) is 10.0 Å². The van der Waals surface area contributed by atoms with Crippen LogP contribution in [0, 0.1) is 0 Å². The maximum atomic E-state index is 12.4. The number of hydrogen-bond acceptors (Lipinski definition) is 4. The van der Waals surface area contributed by atoms with E-state index in [2.05, 4.69) is 15.9 Å². The van der Waals surface area contributed by atoms with Crippen LogP contribution < -0.4 is 0 Å². The molecule has 0 amide bonds. The molecule has 0 radical (unpaired) electrons. The van der Waals surface area contributed by atoms with Crippen molar-refractivity contribution in [2.75, 3.05) is 6.54 Å².